The van der Waals surface area contributed by atoms with Gasteiger partial charge in [-0.1, -0.05) is 104 Å². The highest BCUT2D eigenvalue weighted by Gasteiger charge is 2.78. The van der Waals surface area contributed by atoms with Gasteiger partial charge in [0.2, 0.25) is 6.29 Å². The molecule has 3 aliphatic carbocycles. The van der Waals surface area contributed by atoms with E-state index in [1.54, 1.807) is 0 Å². The largest absolute Gasteiger partial charge is 0.461 e. The number of rotatable bonds is 15. The molecule has 43 heavy (non-hydrogen) atoms. The van der Waals surface area contributed by atoms with Gasteiger partial charge in [0, 0.05) is 29.6 Å². The van der Waals surface area contributed by atoms with Crippen LogP contribution in [-0.4, -0.2) is 47.9 Å². The number of esters is 2. The van der Waals surface area contributed by atoms with Crippen LogP contribution in [0.5, 0.6) is 0 Å². The van der Waals surface area contributed by atoms with Crippen molar-refractivity contribution in [3.63, 3.8) is 0 Å². The predicted octanol–water partition coefficient (Wildman–Crippen LogP) is 7.23. The number of unbranched alkanes of at least 4 members (excludes halogenated alkanes) is 12. The summed E-state index contributed by atoms with van der Waals surface area (Å²) in [5.74, 6) is -1.58. The van der Waals surface area contributed by atoms with Crippen molar-refractivity contribution in [1.29, 1.82) is 0 Å². The van der Waals surface area contributed by atoms with Crippen LogP contribution in [0.4, 0.5) is 0 Å². The van der Waals surface area contributed by atoms with Crippen molar-refractivity contribution in [3.8, 4) is 0 Å². The second-order valence-electron chi connectivity index (χ2n) is 15.1. The third kappa shape index (κ3) is 5.75. The number of aliphatic hydroxyl groups excluding tert-OH is 1. The molecule has 1 N–H and O–H groups in total. The van der Waals surface area contributed by atoms with Gasteiger partial charge >= 0.3 is 11.9 Å². The molecule has 2 spiro atoms. The summed E-state index contributed by atoms with van der Waals surface area (Å²) in [4.78, 5) is 40.2. The van der Waals surface area contributed by atoms with Crippen LogP contribution in [-0.2, 0) is 28.6 Å². The number of carbonyl (C=O) groups is 3. The van der Waals surface area contributed by atoms with E-state index >= 15 is 0 Å². The summed E-state index contributed by atoms with van der Waals surface area (Å²) in [5, 5.41) is 11.2. The average molecular weight is 601 g/mol. The van der Waals surface area contributed by atoms with Gasteiger partial charge in [0.25, 0.3) is 0 Å². The van der Waals surface area contributed by atoms with E-state index in [2.05, 4.69) is 13.5 Å². The highest BCUT2D eigenvalue weighted by atomic mass is 16.7. The van der Waals surface area contributed by atoms with Crippen molar-refractivity contribution in [1.82, 2.24) is 0 Å². The lowest BCUT2D eigenvalue weighted by Crippen LogP contribution is -2.70. The highest BCUT2D eigenvalue weighted by Crippen LogP contribution is 2.71. The lowest BCUT2D eigenvalue weighted by molar-refractivity contribution is -0.255. The number of hydrogen-bond donors (Lipinski definition) is 1. The summed E-state index contributed by atoms with van der Waals surface area (Å²) < 4.78 is 18.4. The Morgan fingerprint density at radius 3 is 2.19 bits per heavy atom. The molecule has 0 aromatic heterocycles. The van der Waals surface area contributed by atoms with E-state index in [-0.39, 0.29) is 30.2 Å². The van der Waals surface area contributed by atoms with Gasteiger partial charge in [0.15, 0.2) is 5.78 Å². The summed E-state index contributed by atoms with van der Waals surface area (Å²) >= 11 is 0. The van der Waals surface area contributed by atoms with Gasteiger partial charge in [-0.3, -0.25) is 14.4 Å². The number of aliphatic hydroxyl groups is 1. The van der Waals surface area contributed by atoms with Crippen LogP contribution < -0.4 is 0 Å². The maximum Gasteiger partial charge on any atom is 0.320 e. The molecule has 2 aliphatic heterocycles. The number of ketones is 1. The van der Waals surface area contributed by atoms with Crippen LogP contribution in [0.25, 0.3) is 0 Å². The van der Waals surface area contributed by atoms with E-state index in [1.165, 1.54) is 64.2 Å². The molecule has 5 fully saturated rings. The topological polar surface area (TPSA) is 99.1 Å². The molecular formula is C36H56O7. The van der Waals surface area contributed by atoms with Gasteiger partial charge < -0.3 is 19.3 Å². The van der Waals surface area contributed by atoms with Gasteiger partial charge in [0.05, 0.1) is 12.7 Å². The van der Waals surface area contributed by atoms with Crippen molar-refractivity contribution in [2.45, 2.75) is 155 Å². The summed E-state index contributed by atoms with van der Waals surface area (Å²) in [6.07, 6.45) is 16.6. The smallest absolute Gasteiger partial charge is 0.320 e. The molecule has 5 rings (SSSR count). The number of allylic oxidation sites excluding steroid dienone is 1. The molecule has 2 saturated heterocycles. The first-order chi connectivity index (χ1) is 20.6. The quantitative estimate of drug-likeness (QED) is 0.0916. The Kier molecular flexibility index (Phi) is 10.1. The number of fused-ring (bicyclic) bond motifs is 1. The van der Waals surface area contributed by atoms with Gasteiger partial charge in [-0.2, -0.15) is 0 Å². The summed E-state index contributed by atoms with van der Waals surface area (Å²) in [6, 6.07) is 0. The number of hydrogen-bond acceptors (Lipinski definition) is 7. The normalized spacial score (nSPS) is 37.4. The molecule has 2 bridgehead atoms. The molecule has 0 radical (unpaired) electrons. The third-order valence-electron chi connectivity index (χ3n) is 12.2. The Bertz CT molecular complexity index is 1050. The van der Waals surface area contributed by atoms with E-state index in [9.17, 15) is 19.5 Å². The molecule has 0 aromatic rings. The fourth-order valence-electron chi connectivity index (χ4n) is 9.76. The molecular weight excluding hydrogens is 544 g/mol. The fraction of sp³-hybridized carbons (Fsp3) is 0.861. The zero-order chi connectivity index (χ0) is 30.8. The predicted molar refractivity (Wildman–Crippen MR) is 164 cm³/mol. The zero-order valence-corrected chi connectivity index (χ0v) is 27.0. The van der Waals surface area contributed by atoms with Gasteiger partial charge in [-0.05, 0) is 43.1 Å². The molecule has 242 valence electrons. The van der Waals surface area contributed by atoms with Crippen molar-refractivity contribution in [2.24, 2.45) is 34.0 Å². The number of Topliss-reactive ketones (excluding diaryl/α,β-unsaturated/α-hetero) is 1. The minimum absolute atomic E-state index is 0.0150. The first-order valence-electron chi connectivity index (χ1n) is 17.5. The Labute approximate surface area is 258 Å². The van der Waals surface area contributed by atoms with Crippen LogP contribution in [0.3, 0.4) is 0 Å². The van der Waals surface area contributed by atoms with Crippen molar-refractivity contribution >= 4 is 17.7 Å². The Hall–Kier alpha value is -1.73. The van der Waals surface area contributed by atoms with E-state index < -0.39 is 46.6 Å². The molecule has 0 unspecified atom stereocenters. The van der Waals surface area contributed by atoms with E-state index in [0.717, 1.165) is 25.7 Å². The molecule has 0 aromatic carbocycles. The monoisotopic (exact) mass is 600 g/mol. The van der Waals surface area contributed by atoms with Gasteiger partial charge in [-0.15, -0.1) is 0 Å². The highest BCUT2D eigenvalue weighted by molar-refractivity contribution is 6.15. The van der Waals surface area contributed by atoms with Gasteiger partial charge in [-0.25, -0.2) is 0 Å². The third-order valence-corrected chi connectivity index (χ3v) is 12.2. The molecule has 2 heterocycles. The van der Waals surface area contributed by atoms with Crippen molar-refractivity contribution < 1.29 is 33.7 Å². The maximum absolute atomic E-state index is 13.6. The number of ether oxygens (including phenoxy) is 3. The molecule has 7 nitrogen and oxygen atoms in total. The lowest BCUT2D eigenvalue weighted by atomic mass is 9.43. The minimum Gasteiger partial charge on any atom is -0.461 e. The van der Waals surface area contributed by atoms with Crippen LogP contribution in [0.1, 0.15) is 136 Å². The molecule has 7 heteroatoms. The van der Waals surface area contributed by atoms with E-state index in [1.807, 2.05) is 13.8 Å². The average Bonchev–Trinajstić information content (AvgIpc) is 3.44. The standard InChI is InChI=1S/C36H56O7/c1-5-6-7-8-9-10-11-12-13-14-15-16-17-18-29(38)43-32-30-34(3,4)27(37)21-28-36(30,23-41-32)26-20-19-25-22-35(26,33(40)42-28)31(39)24(25)2/h25-28,30,32,37H,2,5-23H2,1,3-4H3/t25-,26-,27+,28+,30-,32+,35+,36-/m1/s1. The first-order valence-corrected chi connectivity index (χ1v) is 17.5. The van der Waals surface area contributed by atoms with Crippen LogP contribution in [0, 0.1) is 34.0 Å². The lowest BCUT2D eigenvalue weighted by Gasteiger charge is -2.62. The van der Waals surface area contributed by atoms with E-state index in [4.69, 9.17) is 14.2 Å². The number of carbonyl (C=O) groups excluding carboxylic acids is 3. The molecule has 0 amide bonds. The minimum atomic E-state index is -1.23. The van der Waals surface area contributed by atoms with Crippen LogP contribution in [0.15, 0.2) is 12.2 Å². The second kappa shape index (κ2) is 13.3. The molecule has 3 saturated carbocycles. The van der Waals surface area contributed by atoms with Crippen LogP contribution in [0.2, 0.25) is 0 Å². The Morgan fingerprint density at radius 2 is 1.56 bits per heavy atom. The molecule has 8 atom stereocenters. The maximum atomic E-state index is 13.6. The second-order valence-corrected chi connectivity index (χ2v) is 15.1. The van der Waals surface area contributed by atoms with Gasteiger partial charge in [0.1, 0.15) is 11.5 Å². The zero-order valence-electron chi connectivity index (χ0n) is 27.0. The summed E-state index contributed by atoms with van der Waals surface area (Å²) in [7, 11) is 0. The summed E-state index contributed by atoms with van der Waals surface area (Å²) in [6.45, 7) is 10.5. The van der Waals surface area contributed by atoms with Crippen molar-refractivity contribution in [2.75, 3.05) is 6.61 Å². The summed E-state index contributed by atoms with van der Waals surface area (Å²) in [5.41, 5.74) is -2.04. The SMILES string of the molecule is C=C1C(=O)[C@]23C[C@H]1CC[C@H]2[C@@]12CO[C@@H](OC(=O)CCCCCCCCCCCCCCC)[C@@H]1C(C)(C)[C@@H](O)C[C@@H]2OC3=O. The molecule has 5 aliphatic rings. The van der Waals surface area contributed by atoms with Crippen LogP contribution >= 0.6 is 0 Å². The first kappa shape index (κ1) is 32.7. The fourth-order valence-corrected chi connectivity index (χ4v) is 9.76. The van der Waals surface area contributed by atoms with E-state index in [0.29, 0.717) is 31.3 Å². The van der Waals surface area contributed by atoms with Crippen molar-refractivity contribution in [3.05, 3.63) is 12.2 Å². The Balaban J connectivity index is 1.14. The Morgan fingerprint density at radius 1 is 0.953 bits per heavy atom.